The van der Waals surface area contributed by atoms with Crippen LogP contribution in [0.5, 0.6) is 0 Å². The molecule has 1 N–H and O–H groups in total. The Morgan fingerprint density at radius 2 is 2.14 bits per heavy atom. The van der Waals surface area contributed by atoms with Crippen molar-refractivity contribution in [2.45, 2.75) is 32.2 Å². The Kier molecular flexibility index (Phi) is 5.62. The smallest absolute Gasteiger partial charge is 0.323 e. The van der Waals surface area contributed by atoms with Crippen LogP contribution in [-0.2, 0) is 14.3 Å². The summed E-state index contributed by atoms with van der Waals surface area (Å²) in [5, 5.41) is 2.63. The van der Waals surface area contributed by atoms with E-state index in [1.807, 2.05) is 4.90 Å². The summed E-state index contributed by atoms with van der Waals surface area (Å²) in [5.41, 5.74) is 0. The third kappa shape index (κ3) is 4.49. The molecule has 1 amide bonds. The SMILES string of the molecule is CCOC(=O)C1CCCCN1CC(=O)Nc1ncccn1. The van der Waals surface area contributed by atoms with Gasteiger partial charge in [-0.05, 0) is 32.4 Å². The minimum Gasteiger partial charge on any atom is -0.465 e. The second kappa shape index (κ2) is 7.68. The maximum Gasteiger partial charge on any atom is 0.323 e. The second-order valence-corrected chi connectivity index (χ2v) is 4.85. The normalized spacial score (nSPS) is 19.0. The van der Waals surface area contributed by atoms with E-state index in [9.17, 15) is 9.59 Å². The third-order valence-corrected chi connectivity index (χ3v) is 3.34. The Morgan fingerprint density at radius 1 is 1.38 bits per heavy atom. The number of carbonyl (C=O) groups excluding carboxylic acids is 2. The average molecular weight is 292 g/mol. The van der Waals surface area contributed by atoms with Crippen LogP contribution in [0.15, 0.2) is 18.5 Å². The Labute approximate surface area is 123 Å². The van der Waals surface area contributed by atoms with Gasteiger partial charge in [0, 0.05) is 12.4 Å². The van der Waals surface area contributed by atoms with Crippen LogP contribution in [0.4, 0.5) is 5.95 Å². The molecule has 1 aromatic rings. The topological polar surface area (TPSA) is 84.4 Å². The molecular formula is C14H20N4O3. The standard InChI is InChI=1S/C14H20N4O3/c1-2-21-13(20)11-6-3-4-9-18(11)10-12(19)17-14-15-7-5-8-16-14/h5,7-8,11H,2-4,6,9-10H2,1H3,(H,15,16,17,19). The van der Waals surface area contributed by atoms with Gasteiger partial charge in [-0.25, -0.2) is 9.97 Å². The number of anilines is 1. The highest BCUT2D eigenvalue weighted by Crippen LogP contribution is 2.18. The molecule has 1 aromatic heterocycles. The van der Waals surface area contributed by atoms with E-state index >= 15 is 0 Å². The number of nitrogens with zero attached hydrogens (tertiary/aromatic N) is 3. The molecular weight excluding hydrogens is 272 g/mol. The van der Waals surface area contributed by atoms with Crippen molar-refractivity contribution in [1.82, 2.24) is 14.9 Å². The highest BCUT2D eigenvalue weighted by Gasteiger charge is 2.31. The first-order valence-electron chi connectivity index (χ1n) is 7.18. The molecule has 21 heavy (non-hydrogen) atoms. The van der Waals surface area contributed by atoms with Gasteiger partial charge in [0.15, 0.2) is 0 Å². The van der Waals surface area contributed by atoms with Crippen LogP contribution in [0, 0.1) is 0 Å². The van der Waals surface area contributed by atoms with Crippen LogP contribution in [-0.4, -0.2) is 52.5 Å². The monoisotopic (exact) mass is 292 g/mol. The van der Waals surface area contributed by atoms with E-state index < -0.39 is 0 Å². The summed E-state index contributed by atoms with van der Waals surface area (Å²) in [5.74, 6) is -0.203. The Bertz CT molecular complexity index is 480. The fourth-order valence-electron chi connectivity index (χ4n) is 2.40. The predicted octanol–water partition coefficient (Wildman–Crippen LogP) is 0.833. The van der Waals surface area contributed by atoms with Crippen LogP contribution in [0.2, 0.25) is 0 Å². The number of likely N-dealkylation sites (tertiary alicyclic amines) is 1. The van der Waals surface area contributed by atoms with Crippen molar-refractivity contribution in [3.05, 3.63) is 18.5 Å². The molecule has 0 aromatic carbocycles. The minimum absolute atomic E-state index is 0.141. The van der Waals surface area contributed by atoms with Crippen molar-refractivity contribution in [3.8, 4) is 0 Å². The Hall–Kier alpha value is -2.02. The molecule has 0 spiro atoms. The molecule has 2 rings (SSSR count). The Morgan fingerprint density at radius 3 is 2.86 bits per heavy atom. The molecule has 0 saturated carbocycles. The van der Waals surface area contributed by atoms with Gasteiger partial charge in [0.2, 0.25) is 11.9 Å². The van der Waals surface area contributed by atoms with Crippen molar-refractivity contribution < 1.29 is 14.3 Å². The van der Waals surface area contributed by atoms with Crippen LogP contribution in [0.25, 0.3) is 0 Å². The number of rotatable bonds is 5. The summed E-state index contributed by atoms with van der Waals surface area (Å²) in [7, 11) is 0. The number of piperidine rings is 1. The van der Waals surface area contributed by atoms with Crippen molar-refractivity contribution in [3.63, 3.8) is 0 Å². The molecule has 114 valence electrons. The number of carbonyl (C=O) groups is 2. The molecule has 7 heteroatoms. The molecule has 7 nitrogen and oxygen atoms in total. The molecule has 1 unspecified atom stereocenters. The first kappa shape index (κ1) is 15.4. The lowest BCUT2D eigenvalue weighted by molar-refractivity contribution is -0.151. The molecule has 1 saturated heterocycles. The van der Waals surface area contributed by atoms with Crippen LogP contribution < -0.4 is 5.32 Å². The highest BCUT2D eigenvalue weighted by molar-refractivity contribution is 5.91. The molecule has 0 aliphatic carbocycles. The number of hydrogen-bond donors (Lipinski definition) is 1. The number of esters is 1. The summed E-state index contributed by atoms with van der Waals surface area (Å²) in [6.45, 7) is 2.99. The maximum atomic E-state index is 12.0. The van der Waals surface area contributed by atoms with E-state index in [1.165, 1.54) is 0 Å². The molecule has 1 fully saturated rings. The van der Waals surface area contributed by atoms with Crippen molar-refractivity contribution in [2.75, 3.05) is 25.0 Å². The first-order chi connectivity index (χ1) is 10.2. The lowest BCUT2D eigenvalue weighted by Gasteiger charge is -2.33. The van der Waals surface area contributed by atoms with Gasteiger partial charge in [-0.1, -0.05) is 6.42 Å². The van der Waals surface area contributed by atoms with E-state index in [1.54, 1.807) is 25.4 Å². The zero-order valence-corrected chi connectivity index (χ0v) is 12.1. The lowest BCUT2D eigenvalue weighted by Crippen LogP contribution is -2.48. The summed E-state index contributed by atoms with van der Waals surface area (Å²) in [6.07, 6.45) is 5.80. The van der Waals surface area contributed by atoms with Crippen molar-refractivity contribution in [2.24, 2.45) is 0 Å². The van der Waals surface area contributed by atoms with Gasteiger partial charge in [-0.15, -0.1) is 0 Å². The summed E-state index contributed by atoms with van der Waals surface area (Å²) >= 11 is 0. The van der Waals surface area contributed by atoms with Gasteiger partial charge >= 0.3 is 5.97 Å². The fraction of sp³-hybridized carbons (Fsp3) is 0.571. The predicted molar refractivity (Wildman–Crippen MR) is 76.5 cm³/mol. The molecule has 1 aliphatic rings. The highest BCUT2D eigenvalue weighted by atomic mass is 16.5. The van der Waals surface area contributed by atoms with Gasteiger partial charge < -0.3 is 4.74 Å². The molecule has 0 radical (unpaired) electrons. The largest absolute Gasteiger partial charge is 0.465 e. The number of amides is 1. The second-order valence-electron chi connectivity index (χ2n) is 4.85. The molecule has 2 heterocycles. The van der Waals surface area contributed by atoms with Crippen molar-refractivity contribution >= 4 is 17.8 Å². The maximum absolute atomic E-state index is 12.0. The lowest BCUT2D eigenvalue weighted by atomic mass is 10.0. The number of ether oxygens (including phenoxy) is 1. The zero-order valence-electron chi connectivity index (χ0n) is 12.1. The quantitative estimate of drug-likeness (QED) is 0.809. The van der Waals surface area contributed by atoms with Crippen molar-refractivity contribution in [1.29, 1.82) is 0 Å². The van der Waals surface area contributed by atoms with Gasteiger partial charge in [-0.2, -0.15) is 0 Å². The zero-order chi connectivity index (χ0) is 15.1. The number of aromatic nitrogens is 2. The van der Waals surface area contributed by atoms with Gasteiger partial charge in [0.25, 0.3) is 0 Å². The van der Waals surface area contributed by atoms with Crippen LogP contribution >= 0.6 is 0 Å². The first-order valence-corrected chi connectivity index (χ1v) is 7.18. The van der Waals surface area contributed by atoms with Gasteiger partial charge in [-0.3, -0.25) is 19.8 Å². The number of hydrogen-bond acceptors (Lipinski definition) is 6. The van der Waals surface area contributed by atoms with E-state index in [0.717, 1.165) is 19.3 Å². The number of nitrogens with one attached hydrogen (secondary N) is 1. The molecule has 0 bridgehead atoms. The van der Waals surface area contributed by atoms with Crippen LogP contribution in [0.3, 0.4) is 0 Å². The molecule has 1 atom stereocenters. The molecule has 1 aliphatic heterocycles. The third-order valence-electron chi connectivity index (χ3n) is 3.34. The Balaban J connectivity index is 1.92. The van der Waals surface area contributed by atoms with E-state index in [4.69, 9.17) is 4.74 Å². The summed E-state index contributed by atoms with van der Waals surface area (Å²) in [4.78, 5) is 33.7. The minimum atomic E-state index is -0.332. The fourth-order valence-corrected chi connectivity index (χ4v) is 2.40. The van der Waals surface area contributed by atoms with E-state index in [2.05, 4.69) is 15.3 Å². The van der Waals surface area contributed by atoms with Gasteiger partial charge in [0.05, 0.1) is 13.2 Å². The van der Waals surface area contributed by atoms with Crippen LogP contribution in [0.1, 0.15) is 26.2 Å². The van der Waals surface area contributed by atoms with E-state index in [0.29, 0.717) is 13.2 Å². The average Bonchev–Trinajstić information content (AvgIpc) is 2.49. The summed E-state index contributed by atoms with van der Waals surface area (Å²) < 4.78 is 5.07. The van der Waals surface area contributed by atoms with Gasteiger partial charge in [0.1, 0.15) is 6.04 Å². The van der Waals surface area contributed by atoms with E-state index in [-0.39, 0.29) is 30.4 Å². The summed E-state index contributed by atoms with van der Waals surface area (Å²) in [6, 6.07) is 1.35.